The number of methoxy groups -OCH3 is 4. The van der Waals surface area contributed by atoms with Crippen LogP contribution in [-0.2, 0) is 16.0 Å². The highest BCUT2D eigenvalue weighted by Crippen LogP contribution is 2.50. The summed E-state index contributed by atoms with van der Waals surface area (Å²) in [5.41, 5.74) is 3.43. The summed E-state index contributed by atoms with van der Waals surface area (Å²) in [7, 11) is 6.15. The van der Waals surface area contributed by atoms with Crippen LogP contribution in [0.4, 0.5) is 11.4 Å². The lowest BCUT2D eigenvalue weighted by Crippen LogP contribution is -2.27. The van der Waals surface area contributed by atoms with E-state index in [1.807, 2.05) is 6.07 Å². The van der Waals surface area contributed by atoms with Crippen LogP contribution < -0.4 is 40.3 Å². The van der Waals surface area contributed by atoms with Crippen molar-refractivity contribution in [1.82, 2.24) is 5.32 Å². The number of ether oxygens (including phenoxy) is 4. The van der Waals surface area contributed by atoms with E-state index in [4.69, 9.17) is 18.9 Å². The van der Waals surface area contributed by atoms with Gasteiger partial charge in [0.2, 0.25) is 23.0 Å². The SMILES string of the molecule is COc1ccccc1NC(=O)CNc1ccc2c(cc1=O)[C@@H](NC(C)=O)CCc1cc(OC)c(OC)c(OC)c1-2. The average molecular weight is 548 g/mol. The molecule has 3 aromatic rings. The summed E-state index contributed by atoms with van der Waals surface area (Å²) >= 11 is 0. The molecule has 0 spiro atoms. The smallest absolute Gasteiger partial charge is 0.243 e. The Hall–Kier alpha value is -4.73. The number of hydrogen-bond acceptors (Lipinski definition) is 8. The molecule has 0 heterocycles. The highest BCUT2D eigenvalue weighted by Gasteiger charge is 2.29. The Morgan fingerprint density at radius 1 is 0.875 bits per heavy atom. The van der Waals surface area contributed by atoms with Crippen molar-refractivity contribution in [3.63, 3.8) is 0 Å². The maximum absolute atomic E-state index is 13.4. The first-order valence-electron chi connectivity index (χ1n) is 12.8. The van der Waals surface area contributed by atoms with Gasteiger partial charge in [-0.05, 0) is 59.9 Å². The van der Waals surface area contributed by atoms with E-state index in [2.05, 4.69) is 16.0 Å². The largest absolute Gasteiger partial charge is 0.495 e. The molecular weight excluding hydrogens is 514 g/mol. The number of para-hydroxylation sites is 2. The first-order valence-corrected chi connectivity index (χ1v) is 12.8. The minimum Gasteiger partial charge on any atom is -0.495 e. The van der Waals surface area contributed by atoms with Crippen molar-refractivity contribution in [2.24, 2.45) is 0 Å². The second-order valence-electron chi connectivity index (χ2n) is 9.20. The Morgan fingerprint density at radius 2 is 1.60 bits per heavy atom. The molecule has 2 amide bonds. The number of anilines is 2. The van der Waals surface area contributed by atoms with Crippen molar-refractivity contribution < 1.29 is 28.5 Å². The molecule has 1 atom stereocenters. The molecule has 0 bridgehead atoms. The molecule has 0 aromatic heterocycles. The molecule has 0 fully saturated rings. The molecule has 10 heteroatoms. The molecule has 0 saturated heterocycles. The zero-order valence-electron chi connectivity index (χ0n) is 23.2. The van der Waals surface area contributed by atoms with E-state index in [9.17, 15) is 14.4 Å². The Balaban J connectivity index is 1.76. The highest BCUT2D eigenvalue weighted by atomic mass is 16.5. The van der Waals surface area contributed by atoms with Crippen LogP contribution in [0, 0.1) is 0 Å². The molecule has 3 N–H and O–H groups in total. The van der Waals surface area contributed by atoms with E-state index in [1.165, 1.54) is 27.2 Å². The number of hydrogen-bond donors (Lipinski definition) is 3. The summed E-state index contributed by atoms with van der Waals surface area (Å²) in [6.45, 7) is 1.29. The van der Waals surface area contributed by atoms with Crippen molar-refractivity contribution in [3.8, 4) is 34.1 Å². The molecule has 0 radical (unpaired) electrons. The zero-order chi connectivity index (χ0) is 28.8. The molecule has 0 unspecified atom stereocenters. The van der Waals surface area contributed by atoms with Crippen LogP contribution >= 0.6 is 0 Å². The van der Waals surface area contributed by atoms with Gasteiger partial charge in [0.25, 0.3) is 0 Å². The molecular formula is C30H33N3O7. The standard InChI is InChI=1S/C30H33N3O7/c1-17(34)32-21-12-10-18-14-26(38-3)29(39-4)30(40-5)28(18)19-11-13-22(24(35)15-20(19)21)31-16-27(36)33-23-8-6-7-9-25(23)37-2/h6-9,11,13-15,21H,10,12,16H2,1-5H3,(H,31,35)(H,32,34)(H,33,36)/t21-/m0/s1. The zero-order valence-corrected chi connectivity index (χ0v) is 23.2. The topological polar surface area (TPSA) is 124 Å². The fourth-order valence-electron chi connectivity index (χ4n) is 4.97. The summed E-state index contributed by atoms with van der Waals surface area (Å²) in [6.07, 6.45) is 1.14. The van der Waals surface area contributed by atoms with Crippen LogP contribution in [0.3, 0.4) is 0 Å². The summed E-state index contributed by atoms with van der Waals surface area (Å²) in [6, 6.07) is 13.5. The van der Waals surface area contributed by atoms with Crippen LogP contribution in [-0.4, -0.2) is 46.8 Å². The van der Waals surface area contributed by atoms with Crippen molar-refractivity contribution >= 4 is 23.2 Å². The van der Waals surface area contributed by atoms with Crippen LogP contribution in [0.2, 0.25) is 0 Å². The summed E-state index contributed by atoms with van der Waals surface area (Å²) in [5, 5.41) is 8.71. The van der Waals surface area contributed by atoms with Gasteiger partial charge in [0, 0.05) is 12.5 Å². The van der Waals surface area contributed by atoms with Gasteiger partial charge in [-0.3, -0.25) is 14.4 Å². The van der Waals surface area contributed by atoms with Crippen molar-refractivity contribution in [3.05, 3.63) is 69.9 Å². The lowest BCUT2D eigenvalue weighted by atomic mass is 9.95. The third-order valence-electron chi connectivity index (χ3n) is 6.74. The fraction of sp³-hybridized carbons (Fsp3) is 0.300. The number of aryl methyl sites for hydroxylation is 1. The maximum Gasteiger partial charge on any atom is 0.243 e. The van der Waals surface area contributed by atoms with Crippen LogP contribution in [0.5, 0.6) is 23.0 Å². The van der Waals surface area contributed by atoms with Crippen molar-refractivity contribution in [2.45, 2.75) is 25.8 Å². The Kier molecular flexibility index (Phi) is 8.78. The van der Waals surface area contributed by atoms with E-state index in [0.717, 1.165) is 11.1 Å². The molecule has 210 valence electrons. The molecule has 4 rings (SSSR count). The van der Waals surface area contributed by atoms with E-state index < -0.39 is 6.04 Å². The number of fused-ring (bicyclic) bond motifs is 3. The van der Waals surface area contributed by atoms with Gasteiger partial charge in [-0.1, -0.05) is 18.2 Å². The number of benzene rings is 2. The molecule has 0 aliphatic heterocycles. The van der Waals surface area contributed by atoms with Crippen molar-refractivity contribution in [1.29, 1.82) is 0 Å². The third-order valence-corrected chi connectivity index (χ3v) is 6.74. The maximum atomic E-state index is 13.4. The highest BCUT2D eigenvalue weighted by molar-refractivity contribution is 5.95. The van der Waals surface area contributed by atoms with Gasteiger partial charge >= 0.3 is 0 Å². The Bertz CT molecular complexity index is 1490. The van der Waals surface area contributed by atoms with Crippen molar-refractivity contribution in [2.75, 3.05) is 45.6 Å². The molecule has 1 aliphatic rings. The first kappa shape index (κ1) is 28.3. The van der Waals surface area contributed by atoms with Crippen LogP contribution in [0.1, 0.15) is 30.5 Å². The van der Waals surface area contributed by atoms with Gasteiger partial charge in [-0.25, -0.2) is 0 Å². The summed E-state index contributed by atoms with van der Waals surface area (Å²) < 4.78 is 22.3. The van der Waals surface area contributed by atoms with Gasteiger partial charge < -0.3 is 34.9 Å². The Labute approximate surface area is 232 Å². The predicted octanol–water partition coefficient (Wildman–Crippen LogP) is 3.92. The van der Waals surface area contributed by atoms with Gasteiger partial charge in [-0.15, -0.1) is 0 Å². The minimum absolute atomic E-state index is 0.151. The second-order valence-corrected chi connectivity index (χ2v) is 9.20. The molecule has 10 nitrogen and oxygen atoms in total. The van der Waals surface area contributed by atoms with E-state index in [1.54, 1.807) is 50.6 Å². The Morgan fingerprint density at radius 3 is 2.27 bits per heavy atom. The van der Waals surface area contributed by atoms with E-state index in [0.29, 0.717) is 52.7 Å². The van der Waals surface area contributed by atoms with E-state index >= 15 is 0 Å². The summed E-state index contributed by atoms with van der Waals surface area (Å²) in [5.74, 6) is 1.37. The number of amides is 2. The number of carbonyl (C=O) groups is 2. The average Bonchev–Trinajstić information content (AvgIpc) is 3.19. The summed E-state index contributed by atoms with van der Waals surface area (Å²) in [4.78, 5) is 38.2. The second kappa shape index (κ2) is 12.4. The lowest BCUT2D eigenvalue weighted by Gasteiger charge is -2.19. The van der Waals surface area contributed by atoms with Gasteiger partial charge in [0.05, 0.1) is 52.4 Å². The predicted molar refractivity (Wildman–Crippen MR) is 153 cm³/mol. The minimum atomic E-state index is -0.427. The van der Waals surface area contributed by atoms with Gasteiger partial charge in [0.1, 0.15) is 5.75 Å². The lowest BCUT2D eigenvalue weighted by molar-refractivity contribution is -0.119. The van der Waals surface area contributed by atoms with Crippen LogP contribution in [0.15, 0.2) is 53.3 Å². The van der Waals surface area contributed by atoms with Gasteiger partial charge in [0.15, 0.2) is 11.5 Å². The molecule has 3 aromatic carbocycles. The van der Waals surface area contributed by atoms with Crippen LogP contribution in [0.25, 0.3) is 11.1 Å². The monoisotopic (exact) mass is 547 g/mol. The number of rotatable bonds is 9. The first-order chi connectivity index (χ1) is 19.3. The number of nitrogens with one attached hydrogen (secondary N) is 3. The van der Waals surface area contributed by atoms with Gasteiger partial charge in [-0.2, -0.15) is 0 Å². The normalized spacial score (nSPS) is 13.6. The molecule has 40 heavy (non-hydrogen) atoms. The molecule has 0 saturated carbocycles. The van der Waals surface area contributed by atoms with E-state index in [-0.39, 0.29) is 29.5 Å². The quantitative estimate of drug-likeness (QED) is 0.368. The number of carbonyl (C=O) groups excluding carboxylic acids is 2. The fourth-order valence-corrected chi connectivity index (χ4v) is 4.97. The third kappa shape index (κ3) is 5.80. The molecule has 1 aliphatic carbocycles.